The van der Waals surface area contributed by atoms with Crippen molar-refractivity contribution in [3.63, 3.8) is 0 Å². The van der Waals surface area contributed by atoms with Crippen molar-refractivity contribution in [1.82, 2.24) is 15.3 Å². The van der Waals surface area contributed by atoms with Crippen LogP contribution in [0.1, 0.15) is 25.5 Å². The van der Waals surface area contributed by atoms with Crippen LogP contribution < -0.4 is 15.0 Å². The number of anilines is 1. The van der Waals surface area contributed by atoms with Crippen molar-refractivity contribution in [2.75, 3.05) is 18.1 Å². The average molecular weight is 316 g/mol. The van der Waals surface area contributed by atoms with Crippen LogP contribution >= 0.6 is 0 Å². The minimum Gasteiger partial charge on any atom is -0.477 e. The zero-order valence-corrected chi connectivity index (χ0v) is 13.1. The molecule has 7 heteroatoms. The SMILES string of the molecule is CCOc1cncc(N2CCC[C@H]2C(=O)NCc2ccco2)n1. The molecule has 2 aromatic rings. The first-order valence-electron chi connectivity index (χ1n) is 7.79. The first kappa shape index (κ1) is 15.3. The van der Waals surface area contributed by atoms with E-state index in [9.17, 15) is 4.79 Å². The van der Waals surface area contributed by atoms with Gasteiger partial charge in [0, 0.05) is 6.54 Å². The van der Waals surface area contributed by atoms with Gasteiger partial charge in [-0.05, 0) is 31.9 Å². The lowest BCUT2D eigenvalue weighted by Crippen LogP contribution is -2.43. The van der Waals surface area contributed by atoms with E-state index in [1.54, 1.807) is 24.7 Å². The number of nitrogens with one attached hydrogen (secondary N) is 1. The largest absolute Gasteiger partial charge is 0.477 e. The molecule has 1 saturated heterocycles. The minimum atomic E-state index is -0.240. The second-order valence-corrected chi connectivity index (χ2v) is 5.30. The molecule has 0 aliphatic carbocycles. The van der Waals surface area contributed by atoms with E-state index in [2.05, 4.69) is 15.3 Å². The van der Waals surface area contributed by atoms with E-state index < -0.39 is 0 Å². The molecule has 0 spiro atoms. The first-order valence-corrected chi connectivity index (χ1v) is 7.79. The van der Waals surface area contributed by atoms with Gasteiger partial charge in [0.25, 0.3) is 0 Å². The summed E-state index contributed by atoms with van der Waals surface area (Å²) in [6.45, 7) is 3.60. The maximum atomic E-state index is 12.5. The lowest BCUT2D eigenvalue weighted by Gasteiger charge is -2.24. The van der Waals surface area contributed by atoms with Crippen molar-refractivity contribution in [1.29, 1.82) is 0 Å². The Hall–Kier alpha value is -2.57. The predicted molar refractivity (Wildman–Crippen MR) is 84.1 cm³/mol. The van der Waals surface area contributed by atoms with Crippen LogP contribution in [0.15, 0.2) is 35.2 Å². The second-order valence-electron chi connectivity index (χ2n) is 5.30. The number of carbonyl (C=O) groups excluding carboxylic acids is 1. The topological polar surface area (TPSA) is 80.5 Å². The minimum absolute atomic E-state index is 0.0255. The average Bonchev–Trinajstić information content (AvgIpc) is 3.25. The monoisotopic (exact) mass is 316 g/mol. The maximum Gasteiger partial charge on any atom is 0.243 e. The summed E-state index contributed by atoms with van der Waals surface area (Å²) in [4.78, 5) is 23.0. The molecule has 122 valence electrons. The second kappa shape index (κ2) is 7.13. The fourth-order valence-electron chi connectivity index (χ4n) is 2.71. The molecule has 1 aliphatic rings. The van der Waals surface area contributed by atoms with Gasteiger partial charge in [0.15, 0.2) is 5.82 Å². The quantitative estimate of drug-likeness (QED) is 0.874. The molecule has 3 rings (SSSR count). The Kier molecular flexibility index (Phi) is 4.75. The Morgan fingerprint density at radius 3 is 3.22 bits per heavy atom. The molecule has 0 aromatic carbocycles. The lowest BCUT2D eigenvalue weighted by atomic mass is 10.2. The Bertz CT molecular complexity index is 645. The molecular weight excluding hydrogens is 296 g/mol. The van der Waals surface area contributed by atoms with Crippen molar-refractivity contribution in [2.24, 2.45) is 0 Å². The number of carbonyl (C=O) groups is 1. The van der Waals surface area contributed by atoms with Crippen LogP contribution in [-0.2, 0) is 11.3 Å². The van der Waals surface area contributed by atoms with Crippen molar-refractivity contribution in [3.05, 3.63) is 36.5 Å². The number of rotatable bonds is 6. The zero-order chi connectivity index (χ0) is 16.1. The molecule has 0 radical (unpaired) electrons. The fourth-order valence-corrected chi connectivity index (χ4v) is 2.71. The summed E-state index contributed by atoms with van der Waals surface area (Å²) >= 11 is 0. The number of hydrogen-bond donors (Lipinski definition) is 1. The molecule has 23 heavy (non-hydrogen) atoms. The number of amides is 1. The summed E-state index contributed by atoms with van der Waals surface area (Å²) in [5.74, 6) is 1.86. The van der Waals surface area contributed by atoms with Crippen molar-refractivity contribution in [2.45, 2.75) is 32.4 Å². The normalized spacial score (nSPS) is 17.3. The molecule has 0 saturated carbocycles. The Morgan fingerprint density at radius 2 is 2.43 bits per heavy atom. The maximum absolute atomic E-state index is 12.5. The van der Waals surface area contributed by atoms with Gasteiger partial charge in [-0.15, -0.1) is 0 Å². The third-order valence-electron chi connectivity index (χ3n) is 3.76. The van der Waals surface area contributed by atoms with Gasteiger partial charge >= 0.3 is 0 Å². The molecule has 1 amide bonds. The van der Waals surface area contributed by atoms with Gasteiger partial charge in [-0.1, -0.05) is 0 Å². The van der Waals surface area contributed by atoms with E-state index in [4.69, 9.17) is 9.15 Å². The Balaban J connectivity index is 1.67. The summed E-state index contributed by atoms with van der Waals surface area (Å²) < 4.78 is 10.6. The van der Waals surface area contributed by atoms with Crippen molar-refractivity contribution >= 4 is 11.7 Å². The highest BCUT2D eigenvalue weighted by Crippen LogP contribution is 2.25. The van der Waals surface area contributed by atoms with E-state index in [0.29, 0.717) is 24.8 Å². The molecule has 7 nitrogen and oxygen atoms in total. The highest BCUT2D eigenvalue weighted by atomic mass is 16.5. The molecule has 1 fully saturated rings. The van der Waals surface area contributed by atoms with Gasteiger partial charge in [-0.3, -0.25) is 9.78 Å². The number of aromatic nitrogens is 2. The first-order chi connectivity index (χ1) is 11.3. The molecule has 1 atom stereocenters. The summed E-state index contributed by atoms with van der Waals surface area (Å²) in [6.07, 6.45) is 6.58. The van der Waals surface area contributed by atoms with Gasteiger partial charge in [0.1, 0.15) is 11.8 Å². The summed E-state index contributed by atoms with van der Waals surface area (Å²) in [7, 11) is 0. The van der Waals surface area contributed by atoms with E-state index in [-0.39, 0.29) is 11.9 Å². The van der Waals surface area contributed by atoms with Gasteiger partial charge < -0.3 is 19.4 Å². The molecular formula is C16H20N4O3. The standard InChI is InChI=1S/C16H20N4O3/c1-2-22-15-11-17-10-14(19-15)20-7-3-6-13(20)16(21)18-9-12-5-4-8-23-12/h4-5,8,10-11,13H,2-3,6-7,9H2,1H3,(H,18,21)/t13-/m0/s1. The fraction of sp³-hybridized carbons (Fsp3) is 0.438. The Labute approximate surface area is 134 Å². The van der Waals surface area contributed by atoms with Crippen LogP contribution in [0.2, 0.25) is 0 Å². The van der Waals surface area contributed by atoms with Crippen LogP contribution in [0.3, 0.4) is 0 Å². The summed E-state index contributed by atoms with van der Waals surface area (Å²) in [5.41, 5.74) is 0. The van der Waals surface area contributed by atoms with Crippen LogP contribution in [-0.4, -0.2) is 35.1 Å². The van der Waals surface area contributed by atoms with Crippen LogP contribution in [0.4, 0.5) is 5.82 Å². The molecule has 0 unspecified atom stereocenters. The number of ether oxygens (including phenoxy) is 1. The zero-order valence-electron chi connectivity index (χ0n) is 13.1. The third kappa shape index (κ3) is 3.61. The van der Waals surface area contributed by atoms with Crippen LogP contribution in [0.25, 0.3) is 0 Å². The van der Waals surface area contributed by atoms with E-state index in [1.807, 2.05) is 17.9 Å². The summed E-state index contributed by atoms with van der Waals surface area (Å²) in [6, 6.07) is 3.40. The molecule has 2 aromatic heterocycles. The molecule has 1 aliphatic heterocycles. The third-order valence-corrected chi connectivity index (χ3v) is 3.76. The number of furan rings is 1. The van der Waals surface area contributed by atoms with Gasteiger partial charge in [-0.25, -0.2) is 0 Å². The van der Waals surface area contributed by atoms with E-state index in [1.165, 1.54) is 0 Å². The summed E-state index contributed by atoms with van der Waals surface area (Å²) in [5, 5.41) is 2.91. The van der Waals surface area contributed by atoms with E-state index >= 15 is 0 Å². The molecule has 3 heterocycles. The highest BCUT2D eigenvalue weighted by molar-refractivity contribution is 5.85. The number of nitrogens with zero attached hydrogens (tertiary/aromatic N) is 3. The van der Waals surface area contributed by atoms with E-state index in [0.717, 1.165) is 25.1 Å². The van der Waals surface area contributed by atoms with Gasteiger partial charge in [-0.2, -0.15) is 4.98 Å². The highest BCUT2D eigenvalue weighted by Gasteiger charge is 2.32. The molecule has 1 N–H and O–H groups in total. The number of hydrogen-bond acceptors (Lipinski definition) is 6. The Morgan fingerprint density at radius 1 is 1.52 bits per heavy atom. The van der Waals surface area contributed by atoms with Crippen LogP contribution in [0, 0.1) is 0 Å². The van der Waals surface area contributed by atoms with Crippen molar-refractivity contribution in [3.8, 4) is 5.88 Å². The smallest absolute Gasteiger partial charge is 0.243 e. The van der Waals surface area contributed by atoms with Crippen LogP contribution in [0.5, 0.6) is 5.88 Å². The van der Waals surface area contributed by atoms with Gasteiger partial charge in [0.2, 0.25) is 11.8 Å². The lowest BCUT2D eigenvalue weighted by molar-refractivity contribution is -0.122. The van der Waals surface area contributed by atoms with Crippen molar-refractivity contribution < 1.29 is 13.9 Å². The molecule has 0 bridgehead atoms. The predicted octanol–water partition coefficient (Wildman–Crippen LogP) is 1.75. The van der Waals surface area contributed by atoms with Gasteiger partial charge in [0.05, 0.1) is 31.8 Å².